The summed E-state index contributed by atoms with van der Waals surface area (Å²) in [5, 5.41) is 0. The van der Waals surface area contributed by atoms with Gasteiger partial charge in [0.1, 0.15) is 0 Å². The Morgan fingerprint density at radius 1 is 1.10 bits per heavy atom. The number of halogens is 4. The second kappa shape index (κ2) is 5.42. The van der Waals surface area contributed by atoms with Gasteiger partial charge in [-0.3, -0.25) is 0 Å². The number of guanidine groups is 1. The van der Waals surface area contributed by atoms with Crippen LogP contribution in [0.25, 0.3) is 0 Å². The van der Waals surface area contributed by atoms with Crippen molar-refractivity contribution in [3.8, 4) is 0 Å². The number of hydrogen-bond acceptors (Lipinski definition) is 1. The van der Waals surface area contributed by atoms with Crippen LogP contribution >= 0.6 is 38.7 Å². The van der Waals surface area contributed by atoms with E-state index in [2.05, 4.69) is 4.99 Å². The average molecular weight is 373 g/mol. The van der Waals surface area contributed by atoms with E-state index in [0.717, 1.165) is 0 Å². The van der Waals surface area contributed by atoms with Gasteiger partial charge in [0.2, 0.25) is 0 Å². The fourth-order valence-corrected chi connectivity index (χ4v) is 7.96. The standard InChI is InChI=1S/C13H18Cl3FN3P/c1-9(2)18-13-19(10(3)4)21(14,15,16)20(13)12-8-6-5-7-11(12)17/h5-10H,1-4H3. The van der Waals surface area contributed by atoms with Crippen molar-refractivity contribution in [1.29, 1.82) is 0 Å². The summed E-state index contributed by atoms with van der Waals surface area (Å²) < 4.78 is 17.3. The van der Waals surface area contributed by atoms with E-state index < -0.39 is 10.8 Å². The molecule has 0 radical (unpaired) electrons. The van der Waals surface area contributed by atoms with Crippen LogP contribution in [0.1, 0.15) is 27.7 Å². The van der Waals surface area contributed by atoms with Gasteiger partial charge in [-0.2, -0.15) is 0 Å². The number of nitrogens with zero attached hydrogens (tertiary/aromatic N) is 3. The van der Waals surface area contributed by atoms with Crippen molar-refractivity contribution in [1.82, 2.24) is 4.67 Å². The van der Waals surface area contributed by atoms with Crippen molar-refractivity contribution in [2.45, 2.75) is 39.8 Å². The third-order valence-corrected chi connectivity index (χ3v) is 8.17. The first-order chi connectivity index (χ1) is 9.54. The number of aliphatic imine (C=N–C) groups is 1. The molecular weight excluding hydrogens is 354 g/mol. The molecule has 2 rings (SSSR count). The molecule has 1 aliphatic heterocycles. The molecule has 0 unspecified atom stereocenters. The van der Waals surface area contributed by atoms with Gasteiger partial charge in [0.15, 0.2) is 0 Å². The van der Waals surface area contributed by atoms with Gasteiger partial charge in [0.05, 0.1) is 0 Å². The molecule has 0 N–H and O–H groups in total. The molecule has 0 aliphatic carbocycles. The number of benzene rings is 1. The zero-order valence-electron chi connectivity index (χ0n) is 12.3. The molecule has 1 fully saturated rings. The van der Waals surface area contributed by atoms with Crippen LogP contribution in [-0.2, 0) is 0 Å². The fraction of sp³-hybridized carbons (Fsp3) is 0.462. The summed E-state index contributed by atoms with van der Waals surface area (Å²) in [6.45, 7) is 7.69. The molecule has 0 atom stereocenters. The molecule has 1 aromatic rings. The number of hydrogen-bond donors (Lipinski definition) is 0. The molecular formula is C13H18Cl3FN3P. The third-order valence-electron chi connectivity index (χ3n) is 2.99. The second-order valence-corrected chi connectivity index (χ2v) is 15.1. The molecule has 118 valence electrons. The summed E-state index contributed by atoms with van der Waals surface area (Å²) in [6.07, 6.45) is 0. The van der Waals surface area contributed by atoms with Crippen LogP contribution in [0.5, 0.6) is 0 Å². The molecule has 21 heavy (non-hydrogen) atoms. The van der Waals surface area contributed by atoms with Crippen molar-refractivity contribution in [3.63, 3.8) is 0 Å². The first kappa shape index (κ1) is 17.1. The predicted octanol–water partition coefficient (Wildman–Crippen LogP) is 5.97. The quantitative estimate of drug-likeness (QED) is 0.609. The summed E-state index contributed by atoms with van der Waals surface area (Å²) >= 11 is 19.6. The van der Waals surface area contributed by atoms with E-state index in [4.69, 9.17) is 33.7 Å². The van der Waals surface area contributed by atoms with Gasteiger partial charge in [0, 0.05) is 0 Å². The summed E-state index contributed by atoms with van der Waals surface area (Å²) in [5.74, 6) is 0.0658. The molecule has 0 aromatic heterocycles. The van der Waals surface area contributed by atoms with E-state index >= 15 is 0 Å². The Kier molecular flexibility index (Phi) is 4.41. The van der Waals surface area contributed by atoms with E-state index in [9.17, 15) is 4.39 Å². The van der Waals surface area contributed by atoms with Crippen LogP contribution in [0.2, 0.25) is 0 Å². The minimum atomic E-state index is -3.95. The van der Waals surface area contributed by atoms with Crippen LogP contribution in [0, 0.1) is 5.82 Å². The Morgan fingerprint density at radius 2 is 1.67 bits per heavy atom. The van der Waals surface area contributed by atoms with Gasteiger partial charge in [0.25, 0.3) is 0 Å². The van der Waals surface area contributed by atoms with Gasteiger partial charge >= 0.3 is 139 Å². The Morgan fingerprint density at radius 3 is 2.14 bits per heavy atom. The van der Waals surface area contributed by atoms with Gasteiger partial charge in [-0.15, -0.1) is 0 Å². The van der Waals surface area contributed by atoms with Gasteiger partial charge in [-0.25, -0.2) is 0 Å². The van der Waals surface area contributed by atoms with Gasteiger partial charge in [-0.1, -0.05) is 0 Å². The first-order valence-electron chi connectivity index (χ1n) is 6.64. The van der Waals surface area contributed by atoms with Crippen LogP contribution in [0.4, 0.5) is 10.1 Å². The van der Waals surface area contributed by atoms with E-state index in [1.54, 1.807) is 22.9 Å². The maximum atomic E-state index is 14.1. The van der Waals surface area contributed by atoms with Crippen LogP contribution < -0.4 is 4.67 Å². The van der Waals surface area contributed by atoms with E-state index in [1.165, 1.54) is 10.7 Å². The zero-order chi connectivity index (χ0) is 16.0. The average Bonchev–Trinajstić information content (AvgIpc) is 2.28. The molecule has 1 aromatic carbocycles. The van der Waals surface area contributed by atoms with Crippen molar-refractivity contribution in [2.75, 3.05) is 4.67 Å². The Labute approximate surface area is 139 Å². The monoisotopic (exact) mass is 371 g/mol. The van der Waals surface area contributed by atoms with Gasteiger partial charge in [-0.05, 0) is 0 Å². The maximum absolute atomic E-state index is 14.1. The molecule has 0 saturated carbocycles. The number of para-hydroxylation sites is 1. The molecule has 0 amide bonds. The van der Waals surface area contributed by atoms with Gasteiger partial charge < -0.3 is 0 Å². The number of rotatable bonds is 3. The van der Waals surface area contributed by atoms with Crippen molar-refractivity contribution in [2.24, 2.45) is 4.99 Å². The predicted molar refractivity (Wildman–Crippen MR) is 92.9 cm³/mol. The van der Waals surface area contributed by atoms with E-state index in [-0.39, 0.29) is 17.8 Å². The van der Waals surface area contributed by atoms with Crippen LogP contribution in [-0.4, -0.2) is 22.7 Å². The fourth-order valence-electron chi connectivity index (χ4n) is 2.28. The molecule has 3 nitrogen and oxygen atoms in total. The molecule has 1 heterocycles. The molecule has 0 spiro atoms. The topological polar surface area (TPSA) is 18.8 Å². The molecule has 1 saturated heterocycles. The Bertz CT molecular complexity index is 584. The number of anilines is 1. The van der Waals surface area contributed by atoms with Crippen molar-refractivity contribution < 1.29 is 4.39 Å². The summed E-state index contributed by atoms with van der Waals surface area (Å²) in [4.78, 5) is 0.561. The minimum absolute atomic E-state index is 0.00721. The zero-order valence-corrected chi connectivity index (χ0v) is 15.4. The summed E-state index contributed by atoms with van der Waals surface area (Å²) in [7, 11) is 0. The summed E-state index contributed by atoms with van der Waals surface area (Å²) in [6, 6.07) is 6.21. The molecule has 8 heteroatoms. The second-order valence-electron chi connectivity index (χ2n) is 5.46. The molecule has 1 aliphatic rings. The summed E-state index contributed by atoms with van der Waals surface area (Å²) in [5.41, 5.74) is 0.242. The van der Waals surface area contributed by atoms with Crippen LogP contribution in [0.15, 0.2) is 29.3 Å². The normalized spacial score (nSPS) is 24.1. The van der Waals surface area contributed by atoms with E-state index in [0.29, 0.717) is 5.96 Å². The van der Waals surface area contributed by atoms with Crippen LogP contribution in [0.3, 0.4) is 0 Å². The van der Waals surface area contributed by atoms with Crippen molar-refractivity contribution >= 4 is 50.3 Å². The third kappa shape index (κ3) is 2.84. The Balaban J connectivity index is 2.60. The van der Waals surface area contributed by atoms with Crippen molar-refractivity contribution in [3.05, 3.63) is 30.1 Å². The van der Waals surface area contributed by atoms with E-state index in [1.807, 2.05) is 27.7 Å². The first-order valence-corrected chi connectivity index (χ1v) is 11.5. The molecule has 0 bridgehead atoms. The SMILES string of the molecule is CC(C)N=C1N(c2ccccc2F)P(Cl)(Cl)(Cl)N1C(C)C. The Hall–Kier alpha value is -0.280.